The second-order valence-corrected chi connectivity index (χ2v) is 4.11. The predicted octanol–water partition coefficient (Wildman–Crippen LogP) is 1.93. The SMILES string of the molecule is Nc1ccc(OC2CCCNCC2)c(F)c1. The molecule has 1 fully saturated rings. The molecule has 0 aliphatic carbocycles. The third-order valence-corrected chi connectivity index (χ3v) is 2.77. The topological polar surface area (TPSA) is 47.3 Å². The fraction of sp³-hybridized carbons (Fsp3) is 0.500. The Morgan fingerprint density at radius 2 is 2.19 bits per heavy atom. The van der Waals surface area contributed by atoms with Crippen LogP contribution in [0, 0.1) is 5.82 Å². The fourth-order valence-corrected chi connectivity index (χ4v) is 1.90. The summed E-state index contributed by atoms with van der Waals surface area (Å²) in [6, 6.07) is 4.56. The van der Waals surface area contributed by atoms with Crippen LogP contribution in [0.3, 0.4) is 0 Å². The lowest BCUT2D eigenvalue weighted by Gasteiger charge is -2.17. The summed E-state index contributed by atoms with van der Waals surface area (Å²) < 4.78 is 19.1. The first-order valence-electron chi connectivity index (χ1n) is 5.68. The minimum Gasteiger partial charge on any atom is -0.487 e. The molecule has 1 saturated heterocycles. The Kier molecular flexibility index (Phi) is 3.62. The second kappa shape index (κ2) is 5.16. The Hall–Kier alpha value is -1.29. The molecule has 0 amide bonds. The molecule has 16 heavy (non-hydrogen) atoms. The molecular weight excluding hydrogens is 207 g/mol. The van der Waals surface area contributed by atoms with Gasteiger partial charge < -0.3 is 15.8 Å². The highest BCUT2D eigenvalue weighted by Gasteiger charge is 2.15. The van der Waals surface area contributed by atoms with Gasteiger partial charge in [-0.15, -0.1) is 0 Å². The molecule has 2 rings (SSSR count). The first-order valence-corrected chi connectivity index (χ1v) is 5.68. The van der Waals surface area contributed by atoms with Crippen molar-refractivity contribution in [2.75, 3.05) is 18.8 Å². The summed E-state index contributed by atoms with van der Waals surface area (Å²) in [5, 5.41) is 3.29. The highest BCUT2D eigenvalue weighted by atomic mass is 19.1. The summed E-state index contributed by atoms with van der Waals surface area (Å²) in [5.41, 5.74) is 5.90. The van der Waals surface area contributed by atoms with Crippen LogP contribution in [0.15, 0.2) is 18.2 Å². The molecule has 0 radical (unpaired) electrons. The number of nitrogens with two attached hydrogens (primary N) is 1. The van der Waals surface area contributed by atoms with Crippen molar-refractivity contribution in [3.8, 4) is 5.75 Å². The highest BCUT2D eigenvalue weighted by Crippen LogP contribution is 2.22. The zero-order chi connectivity index (χ0) is 11.4. The minimum absolute atomic E-state index is 0.105. The zero-order valence-electron chi connectivity index (χ0n) is 9.21. The Morgan fingerprint density at radius 3 is 3.00 bits per heavy atom. The Morgan fingerprint density at radius 1 is 1.31 bits per heavy atom. The number of anilines is 1. The number of hydrogen-bond acceptors (Lipinski definition) is 3. The molecule has 1 aromatic carbocycles. The van der Waals surface area contributed by atoms with Gasteiger partial charge in [-0.3, -0.25) is 0 Å². The summed E-state index contributed by atoms with van der Waals surface area (Å²) in [6.45, 7) is 1.95. The van der Waals surface area contributed by atoms with Gasteiger partial charge in [0.2, 0.25) is 0 Å². The molecule has 1 aliphatic heterocycles. The lowest BCUT2D eigenvalue weighted by atomic mass is 10.1. The van der Waals surface area contributed by atoms with Crippen molar-refractivity contribution in [1.29, 1.82) is 0 Å². The van der Waals surface area contributed by atoms with Gasteiger partial charge in [0.25, 0.3) is 0 Å². The number of nitrogens with one attached hydrogen (secondary N) is 1. The third kappa shape index (κ3) is 2.85. The monoisotopic (exact) mass is 224 g/mol. The van der Waals surface area contributed by atoms with Gasteiger partial charge in [-0.1, -0.05) is 0 Å². The molecule has 0 spiro atoms. The lowest BCUT2D eigenvalue weighted by Crippen LogP contribution is -2.19. The Labute approximate surface area is 94.8 Å². The number of benzene rings is 1. The molecule has 1 aliphatic rings. The van der Waals surface area contributed by atoms with Gasteiger partial charge in [-0.2, -0.15) is 0 Å². The van der Waals surface area contributed by atoms with Crippen molar-refractivity contribution in [2.45, 2.75) is 25.4 Å². The quantitative estimate of drug-likeness (QED) is 0.755. The van der Waals surface area contributed by atoms with Gasteiger partial charge in [0, 0.05) is 11.8 Å². The molecule has 4 heteroatoms. The molecule has 3 N–H and O–H groups in total. The average Bonchev–Trinajstić information content (AvgIpc) is 2.51. The number of halogens is 1. The van der Waals surface area contributed by atoms with Crippen molar-refractivity contribution in [3.63, 3.8) is 0 Å². The van der Waals surface area contributed by atoms with Crippen LogP contribution < -0.4 is 15.8 Å². The van der Waals surface area contributed by atoms with Crippen LogP contribution in [0.25, 0.3) is 0 Å². The van der Waals surface area contributed by atoms with Crippen molar-refractivity contribution in [2.24, 2.45) is 0 Å². The van der Waals surface area contributed by atoms with E-state index in [1.165, 1.54) is 6.07 Å². The molecule has 1 unspecified atom stereocenters. The van der Waals surface area contributed by atoms with Gasteiger partial charge in [-0.05, 0) is 44.5 Å². The van der Waals surface area contributed by atoms with E-state index in [1.54, 1.807) is 12.1 Å². The first kappa shape index (κ1) is 11.2. The van der Waals surface area contributed by atoms with Crippen LogP contribution in [0.4, 0.5) is 10.1 Å². The van der Waals surface area contributed by atoms with Crippen LogP contribution in [0.5, 0.6) is 5.75 Å². The van der Waals surface area contributed by atoms with Crippen molar-refractivity contribution in [3.05, 3.63) is 24.0 Å². The summed E-state index contributed by atoms with van der Waals surface area (Å²) in [4.78, 5) is 0. The maximum absolute atomic E-state index is 13.5. The number of hydrogen-bond donors (Lipinski definition) is 2. The summed E-state index contributed by atoms with van der Waals surface area (Å²) in [5.74, 6) is -0.0710. The van der Waals surface area contributed by atoms with Gasteiger partial charge in [0.15, 0.2) is 11.6 Å². The van der Waals surface area contributed by atoms with E-state index in [1.807, 2.05) is 0 Å². The third-order valence-electron chi connectivity index (χ3n) is 2.77. The molecule has 88 valence electrons. The molecule has 1 aromatic rings. The normalized spacial score (nSPS) is 21.4. The molecule has 0 aromatic heterocycles. The molecule has 0 bridgehead atoms. The van der Waals surface area contributed by atoms with Gasteiger partial charge in [0.05, 0.1) is 0 Å². The number of ether oxygens (including phenoxy) is 1. The molecule has 1 atom stereocenters. The van der Waals surface area contributed by atoms with E-state index in [0.717, 1.165) is 32.4 Å². The molecule has 1 heterocycles. The van der Waals surface area contributed by atoms with Crippen LogP contribution in [-0.2, 0) is 0 Å². The van der Waals surface area contributed by atoms with Crippen LogP contribution in [0.1, 0.15) is 19.3 Å². The van der Waals surface area contributed by atoms with Crippen molar-refractivity contribution < 1.29 is 9.13 Å². The zero-order valence-corrected chi connectivity index (χ0v) is 9.21. The van der Waals surface area contributed by atoms with Crippen molar-refractivity contribution >= 4 is 5.69 Å². The van der Waals surface area contributed by atoms with E-state index in [-0.39, 0.29) is 11.9 Å². The average molecular weight is 224 g/mol. The minimum atomic E-state index is -0.378. The van der Waals surface area contributed by atoms with E-state index in [0.29, 0.717) is 11.4 Å². The fourth-order valence-electron chi connectivity index (χ4n) is 1.90. The van der Waals surface area contributed by atoms with Crippen LogP contribution in [0.2, 0.25) is 0 Å². The van der Waals surface area contributed by atoms with Crippen LogP contribution >= 0.6 is 0 Å². The van der Waals surface area contributed by atoms with E-state index in [4.69, 9.17) is 10.5 Å². The number of rotatable bonds is 2. The second-order valence-electron chi connectivity index (χ2n) is 4.11. The highest BCUT2D eigenvalue weighted by molar-refractivity contribution is 5.42. The maximum atomic E-state index is 13.5. The van der Waals surface area contributed by atoms with Gasteiger partial charge in [0.1, 0.15) is 6.10 Å². The summed E-state index contributed by atoms with van der Waals surface area (Å²) >= 11 is 0. The molecule has 3 nitrogen and oxygen atoms in total. The lowest BCUT2D eigenvalue weighted by molar-refractivity contribution is 0.179. The number of nitrogen functional groups attached to an aromatic ring is 1. The predicted molar refractivity (Wildman–Crippen MR) is 61.9 cm³/mol. The van der Waals surface area contributed by atoms with E-state index in [9.17, 15) is 4.39 Å². The first-order chi connectivity index (χ1) is 7.75. The van der Waals surface area contributed by atoms with Gasteiger partial charge >= 0.3 is 0 Å². The molecular formula is C12H17FN2O. The Balaban J connectivity index is 2.01. The van der Waals surface area contributed by atoms with E-state index < -0.39 is 0 Å². The standard InChI is InChI=1S/C12H17FN2O/c13-11-8-9(14)3-4-12(11)16-10-2-1-6-15-7-5-10/h3-4,8,10,15H,1-2,5-7,14H2. The van der Waals surface area contributed by atoms with Crippen molar-refractivity contribution in [1.82, 2.24) is 5.32 Å². The Bertz CT molecular complexity index is 349. The summed E-state index contributed by atoms with van der Waals surface area (Å²) in [6.07, 6.45) is 3.06. The largest absolute Gasteiger partial charge is 0.487 e. The maximum Gasteiger partial charge on any atom is 0.167 e. The smallest absolute Gasteiger partial charge is 0.167 e. The summed E-state index contributed by atoms with van der Waals surface area (Å²) in [7, 11) is 0. The van der Waals surface area contributed by atoms with Gasteiger partial charge in [-0.25, -0.2) is 4.39 Å². The van der Waals surface area contributed by atoms with E-state index >= 15 is 0 Å². The van der Waals surface area contributed by atoms with Crippen LogP contribution in [-0.4, -0.2) is 19.2 Å². The van der Waals surface area contributed by atoms with E-state index in [2.05, 4.69) is 5.32 Å². The molecule has 0 saturated carbocycles.